The van der Waals surface area contributed by atoms with E-state index in [1.165, 1.54) is 12.1 Å². The van der Waals surface area contributed by atoms with Crippen LogP contribution in [0.2, 0.25) is 0 Å². The number of hydrogen-bond donors (Lipinski definition) is 1. The number of hydrogen-bond acceptors (Lipinski definition) is 7. The number of rotatable bonds is 14. The fourth-order valence-electron chi connectivity index (χ4n) is 4.66. The third-order valence-corrected chi connectivity index (χ3v) is 9.43. The van der Waals surface area contributed by atoms with Gasteiger partial charge in [0.25, 0.3) is 0 Å². The highest BCUT2D eigenvalue weighted by Crippen LogP contribution is 2.35. The lowest BCUT2D eigenvalue weighted by atomic mass is 10.1. The van der Waals surface area contributed by atoms with Crippen LogP contribution in [0.5, 0.6) is 0 Å². The fraction of sp³-hybridized carbons (Fsp3) is 0.355. The molecule has 1 unspecified atom stereocenters. The van der Waals surface area contributed by atoms with E-state index >= 15 is 0 Å². The summed E-state index contributed by atoms with van der Waals surface area (Å²) in [6, 6.07) is 22.7. The highest BCUT2D eigenvalue weighted by atomic mass is 79.9. The molecule has 0 aliphatic carbocycles. The number of benzene rings is 3. The van der Waals surface area contributed by atoms with E-state index in [1.54, 1.807) is 62.4 Å². The maximum absolute atomic E-state index is 14.6. The predicted molar refractivity (Wildman–Crippen MR) is 161 cm³/mol. The fourth-order valence-corrected chi connectivity index (χ4v) is 7.05. The molecule has 1 amide bonds. The van der Waals surface area contributed by atoms with E-state index in [-0.39, 0.29) is 37.0 Å². The van der Waals surface area contributed by atoms with Gasteiger partial charge < -0.3 is 15.2 Å². The average molecular weight is 647 g/mol. The van der Waals surface area contributed by atoms with E-state index in [9.17, 15) is 18.0 Å². The van der Waals surface area contributed by atoms with Gasteiger partial charge in [0.2, 0.25) is 6.04 Å². The number of quaternary nitrogens is 1. The Labute approximate surface area is 251 Å². The average Bonchev–Trinajstić information content (AvgIpc) is 2.97. The number of amides is 1. The summed E-state index contributed by atoms with van der Waals surface area (Å²) in [5.41, 5.74) is 7.17. The Morgan fingerprint density at radius 1 is 0.829 bits per heavy atom. The molecule has 0 spiro atoms. The zero-order valence-electron chi connectivity index (χ0n) is 23.4. The van der Waals surface area contributed by atoms with Crippen molar-refractivity contribution in [1.82, 2.24) is 0 Å². The molecule has 41 heavy (non-hydrogen) atoms. The van der Waals surface area contributed by atoms with Gasteiger partial charge in [0.15, 0.2) is 0 Å². The molecule has 0 saturated heterocycles. The number of nitrogens with zero attached hydrogens (tertiary/aromatic N) is 1. The predicted octanol–water partition coefficient (Wildman–Crippen LogP) is 6.19. The molecule has 0 aliphatic rings. The molecular formula is C31H38BrN2O6S+. The van der Waals surface area contributed by atoms with Gasteiger partial charge in [0.1, 0.15) is 24.7 Å². The molecule has 10 heteroatoms. The van der Waals surface area contributed by atoms with Crippen molar-refractivity contribution in [3.05, 3.63) is 101 Å². The normalized spacial score (nSPS) is 13.8. The molecule has 0 saturated carbocycles. The van der Waals surface area contributed by atoms with Crippen molar-refractivity contribution in [2.45, 2.75) is 57.3 Å². The maximum Gasteiger partial charge on any atom is 0.533 e. The monoisotopic (exact) mass is 645 g/mol. The van der Waals surface area contributed by atoms with Crippen LogP contribution in [-0.4, -0.2) is 43.5 Å². The van der Waals surface area contributed by atoms with E-state index in [0.717, 1.165) is 5.56 Å². The Morgan fingerprint density at radius 2 is 1.37 bits per heavy atom. The van der Waals surface area contributed by atoms with Crippen LogP contribution in [0.15, 0.2) is 94.3 Å². The van der Waals surface area contributed by atoms with Crippen molar-refractivity contribution in [2.24, 2.45) is 11.7 Å². The molecule has 2 atom stereocenters. The highest BCUT2D eigenvalue weighted by Gasteiger charge is 2.60. The highest BCUT2D eigenvalue weighted by molar-refractivity contribution is 9.10. The van der Waals surface area contributed by atoms with E-state index in [1.807, 2.05) is 24.3 Å². The van der Waals surface area contributed by atoms with E-state index in [2.05, 4.69) is 15.9 Å². The molecule has 2 N–H and O–H groups in total. The van der Waals surface area contributed by atoms with Crippen LogP contribution < -0.4 is 5.73 Å². The molecule has 3 rings (SSSR count). The van der Waals surface area contributed by atoms with Crippen LogP contribution in [0.1, 0.15) is 44.2 Å². The van der Waals surface area contributed by atoms with Crippen molar-refractivity contribution in [3.63, 3.8) is 0 Å². The Bertz CT molecular complexity index is 1370. The topological polar surface area (TPSA) is 113 Å². The van der Waals surface area contributed by atoms with Gasteiger partial charge in [-0.25, -0.2) is 4.79 Å². The number of sulfonamides is 1. The van der Waals surface area contributed by atoms with Crippen molar-refractivity contribution < 1.29 is 31.4 Å². The summed E-state index contributed by atoms with van der Waals surface area (Å²) in [5, 5.41) is 0. The second-order valence-electron chi connectivity index (χ2n) is 10.2. The lowest BCUT2D eigenvalue weighted by molar-refractivity contribution is -0.756. The minimum Gasteiger partial charge on any atom is -0.456 e. The largest absolute Gasteiger partial charge is 0.533 e. The van der Waals surface area contributed by atoms with Crippen LogP contribution in [0.25, 0.3) is 0 Å². The lowest BCUT2D eigenvalue weighted by Crippen LogP contribution is -2.66. The molecule has 220 valence electrons. The molecule has 0 fully saturated rings. The van der Waals surface area contributed by atoms with Crippen LogP contribution in [0, 0.1) is 5.92 Å². The number of esters is 1. The third-order valence-electron chi connectivity index (χ3n) is 6.62. The first-order chi connectivity index (χ1) is 19.6. The molecule has 8 nitrogen and oxygen atoms in total. The quantitative estimate of drug-likeness (QED) is 0.126. The smallest absolute Gasteiger partial charge is 0.456 e. The summed E-state index contributed by atoms with van der Waals surface area (Å²) in [6.45, 7) is 3.56. The number of nitrogens with two attached hydrogens (primary N) is 1. The van der Waals surface area contributed by atoms with E-state index in [4.69, 9.17) is 15.2 Å². The number of halogens is 1. The van der Waals surface area contributed by atoms with Gasteiger partial charge in [-0.05, 0) is 54.8 Å². The minimum absolute atomic E-state index is 0.0632. The first kappa shape index (κ1) is 32.5. The number of carbonyl (C=O) groups excluding carboxylic acids is 2. The van der Waals surface area contributed by atoms with Crippen molar-refractivity contribution in [3.8, 4) is 0 Å². The Balaban J connectivity index is 2.15. The van der Waals surface area contributed by atoms with Gasteiger partial charge in [0, 0.05) is 16.8 Å². The van der Waals surface area contributed by atoms with Crippen LogP contribution in [-0.2, 0) is 37.5 Å². The van der Waals surface area contributed by atoms with Crippen molar-refractivity contribution in [2.75, 3.05) is 13.1 Å². The number of carbonyl (C=O) groups is 2. The lowest BCUT2D eigenvalue weighted by Gasteiger charge is -2.39. The molecule has 0 heterocycles. The SMILES string of the molecule is CC(C)C[N+](C(=O)OCc1ccccc1)([C@@H](CCCCN)C(=O)OCc1ccccc1)S(=O)(=O)c1ccc(Br)cc1. The Morgan fingerprint density at radius 3 is 1.88 bits per heavy atom. The Kier molecular flexibility index (Phi) is 12.1. The molecule has 3 aromatic rings. The zero-order chi connectivity index (χ0) is 29.9. The van der Waals surface area contributed by atoms with Gasteiger partial charge in [-0.1, -0.05) is 90.4 Å². The number of unbranched alkanes of at least 4 members (excludes halogenated alkanes) is 1. The summed E-state index contributed by atoms with van der Waals surface area (Å²) >= 11 is 3.34. The van der Waals surface area contributed by atoms with Crippen LogP contribution >= 0.6 is 15.9 Å². The summed E-state index contributed by atoms with van der Waals surface area (Å²) in [5.74, 6) is -1.09. The van der Waals surface area contributed by atoms with E-state index < -0.39 is 32.0 Å². The standard InChI is InChI=1S/C31H38BrN2O6S/c1-24(2)21-34(31(36)40-23-26-13-7-4-8-14-26,41(37,38)28-18-16-27(32)17-19-28)29(15-9-10-20-33)30(35)39-22-25-11-5-3-6-12-25/h3-8,11-14,16-19,24,29H,9-10,15,20-23,33H2,1-2H3/q+1/t29-,34?/m0/s1. The zero-order valence-corrected chi connectivity index (χ0v) is 25.9. The summed E-state index contributed by atoms with van der Waals surface area (Å²) in [7, 11) is -4.53. The van der Waals surface area contributed by atoms with E-state index in [0.29, 0.717) is 29.4 Å². The summed E-state index contributed by atoms with van der Waals surface area (Å²) in [6.07, 6.45) is -0.00329. The Hall–Kier alpha value is -3.05. The first-order valence-electron chi connectivity index (χ1n) is 13.6. The first-order valence-corrected chi connectivity index (χ1v) is 15.9. The van der Waals surface area contributed by atoms with Gasteiger partial charge in [-0.15, -0.1) is 3.89 Å². The maximum atomic E-state index is 14.6. The summed E-state index contributed by atoms with van der Waals surface area (Å²) in [4.78, 5) is 28.0. The van der Waals surface area contributed by atoms with Gasteiger partial charge in [-0.2, -0.15) is 13.2 Å². The van der Waals surface area contributed by atoms with Gasteiger partial charge in [0.05, 0.1) is 0 Å². The molecule has 0 aliphatic heterocycles. The summed E-state index contributed by atoms with van der Waals surface area (Å²) < 4.78 is 40.1. The second-order valence-corrected chi connectivity index (χ2v) is 13.2. The van der Waals surface area contributed by atoms with Gasteiger partial charge in [-0.3, -0.25) is 0 Å². The van der Waals surface area contributed by atoms with Crippen LogP contribution in [0.3, 0.4) is 0 Å². The molecule has 3 aromatic carbocycles. The third kappa shape index (κ3) is 8.25. The molecule has 0 aromatic heterocycles. The second kappa shape index (κ2) is 15.3. The van der Waals surface area contributed by atoms with Crippen molar-refractivity contribution in [1.29, 1.82) is 0 Å². The molecular weight excluding hydrogens is 608 g/mol. The molecule has 0 bridgehead atoms. The van der Waals surface area contributed by atoms with Crippen LogP contribution in [0.4, 0.5) is 4.79 Å². The molecule has 0 radical (unpaired) electrons. The van der Waals surface area contributed by atoms with Gasteiger partial charge >= 0.3 is 22.1 Å². The van der Waals surface area contributed by atoms with Crippen molar-refractivity contribution >= 4 is 38.0 Å². The minimum atomic E-state index is -4.53. The number of ether oxygens (including phenoxy) is 2.